The molecule has 2 aromatic rings. The van der Waals surface area contributed by atoms with Gasteiger partial charge in [-0.25, -0.2) is 0 Å². The van der Waals surface area contributed by atoms with Crippen LogP contribution >= 0.6 is 0 Å². The van der Waals surface area contributed by atoms with Gasteiger partial charge in [0, 0.05) is 11.6 Å². The smallest absolute Gasteiger partial charge is 0.0704 e. The normalized spacial score (nSPS) is 9.43. The highest BCUT2D eigenvalue weighted by atomic mass is 14.6. The van der Waals surface area contributed by atoms with Gasteiger partial charge in [-0.05, 0) is 37.1 Å². The molecule has 0 spiro atoms. The molecule has 0 radical (unpaired) electrons. The Hall–Kier alpha value is -1.37. The van der Waals surface area contributed by atoms with Crippen molar-refractivity contribution in [2.24, 2.45) is 0 Å². The molecule has 14 heavy (non-hydrogen) atoms. The van der Waals surface area contributed by atoms with E-state index in [1.54, 1.807) is 0 Å². The first-order valence-electron chi connectivity index (χ1n) is 5.09. The molecule has 0 atom stereocenters. The Morgan fingerprint density at radius 3 is 2.36 bits per heavy atom. The monoisotopic (exact) mass is 187 g/mol. The van der Waals surface area contributed by atoms with Crippen LogP contribution in [0.1, 0.15) is 25.0 Å². The molecule has 1 heteroatoms. The maximum absolute atomic E-state index is 4.34. The molecule has 1 aromatic carbocycles. The summed E-state index contributed by atoms with van der Waals surface area (Å²) in [5.74, 6) is 0. The Morgan fingerprint density at radius 1 is 0.929 bits per heavy atom. The van der Waals surface area contributed by atoms with E-state index in [0.717, 1.165) is 5.52 Å². The molecule has 0 saturated heterocycles. The Kier molecular flexibility index (Phi) is 3.63. The molecular formula is C13H17N. The molecule has 0 fully saturated rings. The Balaban J connectivity index is 0.000000461. The van der Waals surface area contributed by atoms with E-state index in [0.29, 0.717) is 0 Å². The molecule has 0 aliphatic rings. The molecule has 1 heterocycles. The van der Waals surface area contributed by atoms with E-state index < -0.39 is 0 Å². The summed E-state index contributed by atoms with van der Waals surface area (Å²) >= 11 is 0. The van der Waals surface area contributed by atoms with Crippen LogP contribution in [0.2, 0.25) is 0 Å². The number of nitrogens with zero attached hydrogens (tertiary/aromatic N) is 1. The first-order valence-corrected chi connectivity index (χ1v) is 5.09. The zero-order valence-electron chi connectivity index (χ0n) is 9.33. The van der Waals surface area contributed by atoms with E-state index in [1.807, 2.05) is 20.0 Å². The summed E-state index contributed by atoms with van der Waals surface area (Å²) < 4.78 is 0. The second kappa shape index (κ2) is 4.75. The predicted octanol–water partition coefficient (Wildman–Crippen LogP) is 3.88. The molecule has 74 valence electrons. The Morgan fingerprint density at radius 2 is 1.64 bits per heavy atom. The second-order valence-corrected chi connectivity index (χ2v) is 3.21. The number of benzene rings is 1. The highest BCUT2D eigenvalue weighted by Gasteiger charge is 1.94. The summed E-state index contributed by atoms with van der Waals surface area (Å²) in [6.45, 7) is 8.15. The van der Waals surface area contributed by atoms with E-state index in [1.165, 1.54) is 16.5 Å². The van der Waals surface area contributed by atoms with Gasteiger partial charge in [-0.3, -0.25) is 4.98 Å². The van der Waals surface area contributed by atoms with E-state index >= 15 is 0 Å². The van der Waals surface area contributed by atoms with E-state index in [2.05, 4.69) is 43.1 Å². The van der Waals surface area contributed by atoms with Crippen LogP contribution in [0.4, 0.5) is 0 Å². The predicted molar refractivity (Wildman–Crippen MR) is 62.6 cm³/mol. The lowest BCUT2D eigenvalue weighted by Crippen LogP contribution is -1.81. The third kappa shape index (κ3) is 2.32. The number of fused-ring (bicyclic) bond motifs is 1. The van der Waals surface area contributed by atoms with Crippen LogP contribution in [0.25, 0.3) is 10.9 Å². The summed E-state index contributed by atoms with van der Waals surface area (Å²) in [6.07, 6.45) is 1.90. The van der Waals surface area contributed by atoms with Gasteiger partial charge >= 0.3 is 0 Å². The molecule has 0 saturated carbocycles. The summed E-state index contributed by atoms with van der Waals surface area (Å²) in [5.41, 5.74) is 3.56. The molecule has 0 amide bonds. The average molecular weight is 187 g/mol. The third-order valence-electron chi connectivity index (χ3n) is 1.98. The molecule has 2 rings (SSSR count). The summed E-state index contributed by atoms with van der Waals surface area (Å²) in [5, 5.41) is 1.22. The van der Waals surface area contributed by atoms with Gasteiger partial charge in [0.05, 0.1) is 5.52 Å². The van der Waals surface area contributed by atoms with Crippen LogP contribution in [0.3, 0.4) is 0 Å². The first kappa shape index (κ1) is 10.7. The van der Waals surface area contributed by atoms with E-state index in [-0.39, 0.29) is 0 Å². The van der Waals surface area contributed by atoms with Gasteiger partial charge < -0.3 is 0 Å². The standard InChI is InChI=1S/C11H11N.C2H6/c1-8-3-4-10-5-9(2)7-12-11(10)6-8;1-2/h3-7H,1-2H3;1-2H3. The maximum Gasteiger partial charge on any atom is 0.0704 e. The van der Waals surface area contributed by atoms with E-state index in [9.17, 15) is 0 Å². The average Bonchev–Trinajstić information content (AvgIpc) is 2.21. The molecule has 0 unspecified atom stereocenters. The van der Waals surface area contributed by atoms with Gasteiger partial charge in [0.1, 0.15) is 0 Å². The number of hydrogen-bond acceptors (Lipinski definition) is 1. The maximum atomic E-state index is 4.34. The van der Waals surface area contributed by atoms with E-state index in [4.69, 9.17) is 0 Å². The van der Waals surface area contributed by atoms with Crippen molar-refractivity contribution >= 4 is 10.9 Å². The minimum absolute atomic E-state index is 1.08. The Bertz CT molecular complexity index is 377. The van der Waals surface area contributed by atoms with Gasteiger partial charge in [0.2, 0.25) is 0 Å². The third-order valence-corrected chi connectivity index (χ3v) is 1.98. The van der Waals surface area contributed by atoms with Crippen LogP contribution in [0.5, 0.6) is 0 Å². The molecule has 0 aliphatic heterocycles. The largest absolute Gasteiger partial charge is 0.256 e. The Labute approximate surface area is 85.8 Å². The molecular weight excluding hydrogens is 170 g/mol. The fraction of sp³-hybridized carbons (Fsp3) is 0.308. The lowest BCUT2D eigenvalue weighted by Gasteiger charge is -1.98. The topological polar surface area (TPSA) is 12.9 Å². The number of aromatic nitrogens is 1. The van der Waals surface area contributed by atoms with Crippen molar-refractivity contribution in [1.29, 1.82) is 0 Å². The van der Waals surface area contributed by atoms with Gasteiger partial charge in [0.25, 0.3) is 0 Å². The fourth-order valence-electron chi connectivity index (χ4n) is 1.34. The number of pyridine rings is 1. The van der Waals surface area contributed by atoms with Crippen molar-refractivity contribution in [3.05, 3.63) is 41.6 Å². The highest BCUT2D eigenvalue weighted by Crippen LogP contribution is 2.14. The number of rotatable bonds is 0. The van der Waals surface area contributed by atoms with Crippen molar-refractivity contribution in [3.8, 4) is 0 Å². The van der Waals surface area contributed by atoms with Crippen LogP contribution in [0, 0.1) is 13.8 Å². The van der Waals surface area contributed by atoms with Gasteiger partial charge in [-0.1, -0.05) is 26.0 Å². The molecule has 1 aromatic heterocycles. The SMILES string of the molecule is CC.Cc1cnc2cc(C)ccc2c1. The summed E-state index contributed by atoms with van der Waals surface area (Å²) in [4.78, 5) is 4.34. The van der Waals surface area contributed by atoms with Crippen molar-refractivity contribution in [3.63, 3.8) is 0 Å². The lowest BCUT2D eigenvalue weighted by atomic mass is 10.1. The lowest BCUT2D eigenvalue weighted by molar-refractivity contribution is 1.32. The van der Waals surface area contributed by atoms with Crippen molar-refractivity contribution in [1.82, 2.24) is 4.98 Å². The highest BCUT2D eigenvalue weighted by molar-refractivity contribution is 5.79. The van der Waals surface area contributed by atoms with Crippen LogP contribution in [-0.2, 0) is 0 Å². The van der Waals surface area contributed by atoms with Gasteiger partial charge in [-0.2, -0.15) is 0 Å². The fourth-order valence-corrected chi connectivity index (χ4v) is 1.34. The second-order valence-electron chi connectivity index (χ2n) is 3.21. The molecule has 0 aliphatic carbocycles. The minimum Gasteiger partial charge on any atom is -0.256 e. The minimum atomic E-state index is 1.08. The van der Waals surface area contributed by atoms with Crippen molar-refractivity contribution in [2.45, 2.75) is 27.7 Å². The van der Waals surface area contributed by atoms with Crippen molar-refractivity contribution in [2.75, 3.05) is 0 Å². The summed E-state index contributed by atoms with van der Waals surface area (Å²) in [6, 6.07) is 8.49. The quantitative estimate of drug-likeness (QED) is 0.610. The number of aryl methyl sites for hydroxylation is 2. The summed E-state index contributed by atoms with van der Waals surface area (Å²) in [7, 11) is 0. The van der Waals surface area contributed by atoms with Crippen molar-refractivity contribution < 1.29 is 0 Å². The molecule has 0 N–H and O–H groups in total. The van der Waals surface area contributed by atoms with Crippen LogP contribution in [0.15, 0.2) is 30.5 Å². The van der Waals surface area contributed by atoms with Gasteiger partial charge in [0.15, 0.2) is 0 Å². The molecule has 0 bridgehead atoms. The zero-order chi connectivity index (χ0) is 10.6. The first-order chi connectivity index (χ1) is 6.75. The van der Waals surface area contributed by atoms with Crippen LogP contribution in [-0.4, -0.2) is 4.98 Å². The van der Waals surface area contributed by atoms with Crippen LogP contribution < -0.4 is 0 Å². The van der Waals surface area contributed by atoms with Gasteiger partial charge in [-0.15, -0.1) is 0 Å². The molecule has 1 nitrogen and oxygen atoms in total. The number of hydrogen-bond donors (Lipinski definition) is 0. The zero-order valence-corrected chi connectivity index (χ0v) is 9.33.